The van der Waals surface area contributed by atoms with E-state index in [2.05, 4.69) is 12.2 Å². The zero-order valence-corrected chi connectivity index (χ0v) is 20.5. The minimum Gasteiger partial charge on any atom is -0.354 e. The van der Waals surface area contributed by atoms with Gasteiger partial charge in [0.2, 0.25) is 10.0 Å². The molecular weight excluding hydrogens is 462 g/mol. The van der Waals surface area contributed by atoms with Crippen molar-refractivity contribution >= 4 is 22.0 Å². The fourth-order valence-corrected chi connectivity index (χ4v) is 5.83. The van der Waals surface area contributed by atoms with Crippen molar-refractivity contribution in [2.45, 2.75) is 24.7 Å². The molecule has 3 aromatic rings. The highest BCUT2D eigenvalue weighted by Gasteiger charge is 2.29. The van der Waals surface area contributed by atoms with E-state index in [1.54, 1.807) is 39.4 Å². The lowest BCUT2D eigenvalue weighted by Crippen LogP contribution is -2.39. The summed E-state index contributed by atoms with van der Waals surface area (Å²) in [6, 6.07) is 18.0. The smallest absolute Gasteiger partial charge is 0.261 e. The van der Waals surface area contributed by atoms with Crippen LogP contribution in [0.2, 0.25) is 0 Å². The number of para-hydroxylation sites is 1. The number of nitrogens with zero attached hydrogens (tertiary/aromatic N) is 4. The summed E-state index contributed by atoms with van der Waals surface area (Å²) >= 11 is 0. The Kier molecular flexibility index (Phi) is 7.15. The van der Waals surface area contributed by atoms with Crippen LogP contribution in [0.4, 0.5) is 0 Å². The van der Waals surface area contributed by atoms with E-state index in [4.69, 9.17) is 5.10 Å². The summed E-state index contributed by atoms with van der Waals surface area (Å²) in [5.41, 5.74) is 2.28. The first-order valence-corrected chi connectivity index (χ1v) is 12.9. The molecule has 1 fully saturated rings. The van der Waals surface area contributed by atoms with Crippen molar-refractivity contribution in [2.75, 3.05) is 20.1 Å². The Labute approximate surface area is 205 Å². The van der Waals surface area contributed by atoms with Gasteiger partial charge in [-0.25, -0.2) is 13.1 Å². The molecule has 2 aromatic carbocycles. The maximum atomic E-state index is 13.4. The Morgan fingerprint density at radius 2 is 1.97 bits per heavy atom. The molecule has 1 aromatic heterocycles. The molecule has 1 aliphatic heterocycles. The lowest BCUT2D eigenvalue weighted by atomic mass is 10.0. The molecule has 0 saturated carbocycles. The minimum absolute atomic E-state index is 0.0764. The molecule has 0 aliphatic carbocycles. The first-order valence-electron chi connectivity index (χ1n) is 11.4. The largest absolute Gasteiger partial charge is 0.354 e. The second-order valence-electron chi connectivity index (χ2n) is 8.60. The van der Waals surface area contributed by atoms with E-state index in [9.17, 15) is 18.5 Å². The fraction of sp³-hybridized carbons (Fsp3) is 0.269. The summed E-state index contributed by atoms with van der Waals surface area (Å²) < 4.78 is 29.9. The third kappa shape index (κ3) is 5.19. The van der Waals surface area contributed by atoms with Crippen molar-refractivity contribution in [2.24, 2.45) is 5.92 Å². The molecule has 0 spiro atoms. The lowest BCUT2D eigenvalue weighted by Gasteiger charge is -2.30. The van der Waals surface area contributed by atoms with Crippen LogP contribution >= 0.6 is 0 Å². The molecule has 1 aliphatic rings. The maximum absolute atomic E-state index is 13.4. The van der Waals surface area contributed by atoms with E-state index < -0.39 is 15.9 Å². The monoisotopic (exact) mass is 489 g/mol. The van der Waals surface area contributed by atoms with Crippen LogP contribution in [0.25, 0.3) is 23.0 Å². The highest BCUT2D eigenvalue weighted by molar-refractivity contribution is 7.89. The van der Waals surface area contributed by atoms with Crippen LogP contribution in [0.5, 0.6) is 0 Å². The van der Waals surface area contributed by atoms with Gasteiger partial charge in [0.15, 0.2) is 0 Å². The van der Waals surface area contributed by atoms with Gasteiger partial charge in [-0.1, -0.05) is 37.3 Å². The molecule has 0 unspecified atom stereocenters. The summed E-state index contributed by atoms with van der Waals surface area (Å²) in [5, 5.41) is 16.7. The highest BCUT2D eigenvalue weighted by atomic mass is 32.2. The minimum atomic E-state index is -3.66. The number of hydrogen-bond acceptors (Lipinski definition) is 5. The van der Waals surface area contributed by atoms with E-state index in [1.165, 1.54) is 13.1 Å². The number of sulfonamides is 1. The van der Waals surface area contributed by atoms with Crippen LogP contribution in [0.1, 0.15) is 25.3 Å². The zero-order valence-electron chi connectivity index (χ0n) is 19.7. The van der Waals surface area contributed by atoms with Gasteiger partial charge in [-0.15, -0.1) is 0 Å². The number of nitriles is 1. The average molecular weight is 490 g/mol. The zero-order chi connectivity index (χ0) is 25.0. The second-order valence-corrected chi connectivity index (χ2v) is 10.5. The van der Waals surface area contributed by atoms with Crippen LogP contribution < -0.4 is 5.32 Å². The SMILES string of the molecule is CNC(=O)/C(C#N)=C/c1cn(-c2ccccc2)nc1-c1cccc(S(=O)(=O)N2CCC[C@H](C)C2)c1. The fourth-order valence-electron chi connectivity index (χ4n) is 4.19. The lowest BCUT2D eigenvalue weighted by molar-refractivity contribution is -0.116. The van der Waals surface area contributed by atoms with E-state index in [0.29, 0.717) is 35.8 Å². The Morgan fingerprint density at radius 1 is 1.20 bits per heavy atom. The number of hydrogen-bond donors (Lipinski definition) is 1. The van der Waals surface area contributed by atoms with E-state index in [-0.39, 0.29) is 10.5 Å². The summed E-state index contributed by atoms with van der Waals surface area (Å²) in [5.74, 6) is -0.199. The van der Waals surface area contributed by atoms with E-state index in [1.807, 2.05) is 36.4 Å². The van der Waals surface area contributed by atoms with Crippen molar-refractivity contribution in [3.8, 4) is 23.0 Å². The number of carbonyl (C=O) groups is 1. The molecule has 35 heavy (non-hydrogen) atoms. The Balaban J connectivity index is 1.82. The molecule has 180 valence electrons. The number of likely N-dealkylation sites (N-methyl/N-ethyl adjacent to an activating group) is 1. The molecule has 1 N–H and O–H groups in total. The number of aromatic nitrogens is 2. The van der Waals surface area contributed by atoms with Gasteiger partial charge in [-0.3, -0.25) is 4.79 Å². The summed E-state index contributed by atoms with van der Waals surface area (Å²) in [6.45, 7) is 3.07. The molecule has 9 heteroatoms. The second kappa shape index (κ2) is 10.3. The van der Waals surface area contributed by atoms with E-state index in [0.717, 1.165) is 18.5 Å². The molecule has 8 nitrogen and oxygen atoms in total. The summed E-state index contributed by atoms with van der Waals surface area (Å²) in [4.78, 5) is 12.3. The Hall–Kier alpha value is -3.74. The number of amides is 1. The normalized spacial score (nSPS) is 17.1. The van der Waals surface area contributed by atoms with Crippen molar-refractivity contribution in [1.82, 2.24) is 19.4 Å². The van der Waals surface area contributed by atoms with Crippen molar-refractivity contribution in [3.63, 3.8) is 0 Å². The molecule has 0 radical (unpaired) electrons. The third-order valence-electron chi connectivity index (χ3n) is 6.02. The third-order valence-corrected chi connectivity index (χ3v) is 7.88. The molecule has 2 heterocycles. The predicted octanol–water partition coefficient (Wildman–Crippen LogP) is 3.61. The first-order chi connectivity index (χ1) is 16.8. The first kappa shape index (κ1) is 24.4. The van der Waals surface area contributed by atoms with Gasteiger partial charge in [-0.05, 0) is 49.1 Å². The van der Waals surface area contributed by atoms with Gasteiger partial charge in [0.1, 0.15) is 17.3 Å². The van der Waals surface area contributed by atoms with Crippen molar-refractivity contribution < 1.29 is 13.2 Å². The topological polar surface area (TPSA) is 108 Å². The standard InChI is InChI=1S/C26H27N5O3S/c1-19-8-7-13-30(17-19)35(33,34)24-12-6-9-20(15-24)25-22(14-21(16-27)26(32)28-2)18-31(29-25)23-10-4-3-5-11-23/h3-6,9-12,14-15,18-19H,7-8,13,17H2,1-2H3,(H,28,32)/b21-14+/t19-/m0/s1. The number of benzene rings is 2. The molecular formula is C26H27N5O3S. The van der Waals surface area contributed by atoms with Gasteiger partial charge in [0.25, 0.3) is 5.91 Å². The number of nitrogens with one attached hydrogen (secondary N) is 1. The Bertz CT molecular complexity index is 1400. The number of carbonyl (C=O) groups excluding carboxylic acids is 1. The van der Waals surface area contributed by atoms with Crippen molar-refractivity contribution in [3.05, 3.63) is 71.9 Å². The quantitative estimate of drug-likeness (QED) is 0.420. The van der Waals surface area contributed by atoms with Crippen LogP contribution in [-0.2, 0) is 14.8 Å². The van der Waals surface area contributed by atoms with Crippen molar-refractivity contribution in [1.29, 1.82) is 5.26 Å². The Morgan fingerprint density at radius 3 is 2.66 bits per heavy atom. The number of rotatable bonds is 6. The van der Waals surface area contributed by atoms with Crippen LogP contribution in [0.3, 0.4) is 0 Å². The van der Waals surface area contributed by atoms with Crippen LogP contribution in [-0.4, -0.2) is 48.5 Å². The predicted molar refractivity (Wildman–Crippen MR) is 134 cm³/mol. The molecule has 1 amide bonds. The molecule has 4 rings (SSSR count). The average Bonchev–Trinajstić information content (AvgIpc) is 3.31. The molecule has 0 bridgehead atoms. The summed E-state index contributed by atoms with van der Waals surface area (Å²) in [6.07, 6.45) is 5.05. The van der Waals surface area contributed by atoms with E-state index >= 15 is 0 Å². The summed E-state index contributed by atoms with van der Waals surface area (Å²) in [7, 11) is -2.21. The van der Waals surface area contributed by atoms with Crippen LogP contribution in [0, 0.1) is 17.2 Å². The maximum Gasteiger partial charge on any atom is 0.261 e. The highest BCUT2D eigenvalue weighted by Crippen LogP contribution is 2.30. The molecule has 1 atom stereocenters. The molecule has 1 saturated heterocycles. The van der Waals surface area contributed by atoms with Crippen LogP contribution in [0.15, 0.2) is 71.3 Å². The van der Waals surface area contributed by atoms with Gasteiger partial charge in [0.05, 0.1) is 10.6 Å². The van der Waals surface area contributed by atoms with Gasteiger partial charge in [-0.2, -0.15) is 14.7 Å². The van der Waals surface area contributed by atoms with Gasteiger partial charge < -0.3 is 5.32 Å². The van der Waals surface area contributed by atoms with Gasteiger partial charge >= 0.3 is 0 Å². The number of piperidine rings is 1. The van der Waals surface area contributed by atoms with Gasteiger partial charge in [0, 0.05) is 37.5 Å².